The van der Waals surface area contributed by atoms with Crippen molar-refractivity contribution in [2.24, 2.45) is 0 Å². The van der Waals surface area contributed by atoms with Gasteiger partial charge in [-0.05, 0) is 25.5 Å². The van der Waals surface area contributed by atoms with Gasteiger partial charge in [-0.2, -0.15) is 4.31 Å². The van der Waals surface area contributed by atoms with Gasteiger partial charge < -0.3 is 0 Å². The first kappa shape index (κ1) is 14.2. The molecule has 1 saturated heterocycles. The molecule has 6 heteroatoms. The van der Waals surface area contributed by atoms with Gasteiger partial charge in [-0.1, -0.05) is 40.3 Å². The van der Waals surface area contributed by atoms with E-state index in [1.54, 1.807) is 24.3 Å². The summed E-state index contributed by atoms with van der Waals surface area (Å²) >= 11 is 2.04. The van der Waals surface area contributed by atoms with Crippen LogP contribution in [0.4, 0.5) is 4.39 Å². The molecular weight excluding hydrogens is 368 g/mol. The van der Waals surface area contributed by atoms with Crippen LogP contribution in [-0.2, 0) is 10.0 Å². The lowest BCUT2D eigenvalue weighted by Gasteiger charge is -2.23. The number of hydrogen-bond acceptors (Lipinski definition) is 2. The quantitative estimate of drug-likeness (QED) is 0.594. The van der Waals surface area contributed by atoms with Crippen molar-refractivity contribution in [2.45, 2.75) is 30.5 Å². The Labute approximate surface area is 121 Å². The van der Waals surface area contributed by atoms with E-state index in [0.717, 1.165) is 5.56 Å². The summed E-state index contributed by atoms with van der Waals surface area (Å²) in [4.78, 5) is 0.247. The maximum Gasteiger partial charge on any atom is 0.243 e. The van der Waals surface area contributed by atoms with E-state index in [2.05, 4.69) is 0 Å². The van der Waals surface area contributed by atoms with E-state index in [4.69, 9.17) is 0 Å². The molecule has 1 aliphatic heterocycles. The highest BCUT2D eigenvalue weighted by Crippen LogP contribution is 2.29. The van der Waals surface area contributed by atoms with Gasteiger partial charge in [-0.15, -0.1) is 0 Å². The number of hydrogen-bond donors (Lipinski definition) is 0. The van der Waals surface area contributed by atoms with Crippen LogP contribution in [0, 0.1) is 6.92 Å². The number of rotatable bonds is 3. The van der Waals surface area contributed by atoms with Gasteiger partial charge in [0.15, 0.2) is 0 Å². The molecule has 0 aliphatic carbocycles. The summed E-state index contributed by atoms with van der Waals surface area (Å²) in [6, 6.07) is 6.15. The van der Waals surface area contributed by atoms with Gasteiger partial charge in [-0.3, -0.25) is 0 Å². The van der Waals surface area contributed by atoms with Crippen molar-refractivity contribution in [2.75, 3.05) is 11.0 Å². The molecule has 0 radical (unpaired) electrons. The molecule has 3 nitrogen and oxygen atoms in total. The molecule has 0 unspecified atom stereocenters. The highest BCUT2D eigenvalue weighted by molar-refractivity contribution is 14.1. The van der Waals surface area contributed by atoms with Crippen molar-refractivity contribution >= 4 is 32.6 Å². The van der Waals surface area contributed by atoms with Crippen LogP contribution in [0.3, 0.4) is 0 Å². The Hall–Kier alpha value is -0.210. The van der Waals surface area contributed by atoms with E-state index in [0.29, 0.717) is 10.8 Å². The minimum absolute atomic E-state index is 0.247. The average Bonchev–Trinajstić information content (AvgIpc) is 2.71. The normalized spacial score (nSPS) is 25.5. The van der Waals surface area contributed by atoms with Crippen LogP contribution in [0.1, 0.15) is 12.0 Å². The molecule has 1 aromatic rings. The van der Waals surface area contributed by atoms with Crippen LogP contribution in [0.5, 0.6) is 0 Å². The lowest BCUT2D eigenvalue weighted by molar-refractivity contribution is 0.280. The topological polar surface area (TPSA) is 37.4 Å². The molecule has 0 aromatic heterocycles. The summed E-state index contributed by atoms with van der Waals surface area (Å²) in [5, 5.41) is 0. The minimum atomic E-state index is -3.56. The fraction of sp³-hybridized carbons (Fsp3) is 0.500. The van der Waals surface area contributed by atoms with Crippen LogP contribution in [0.15, 0.2) is 29.2 Å². The van der Waals surface area contributed by atoms with E-state index in [1.165, 1.54) is 4.31 Å². The second-order valence-electron chi connectivity index (χ2n) is 4.46. The number of alkyl halides is 2. The van der Waals surface area contributed by atoms with Gasteiger partial charge in [0, 0.05) is 11.0 Å². The Bertz CT molecular complexity index is 517. The van der Waals surface area contributed by atoms with Crippen LogP contribution in [0.2, 0.25) is 0 Å². The first-order chi connectivity index (χ1) is 8.46. The van der Waals surface area contributed by atoms with E-state index in [1.807, 2.05) is 29.5 Å². The van der Waals surface area contributed by atoms with Gasteiger partial charge >= 0.3 is 0 Å². The van der Waals surface area contributed by atoms with Crippen LogP contribution >= 0.6 is 22.6 Å². The highest BCUT2D eigenvalue weighted by atomic mass is 127. The summed E-state index contributed by atoms with van der Waals surface area (Å²) in [6.07, 6.45) is -0.763. The van der Waals surface area contributed by atoms with Crippen LogP contribution in [-0.4, -0.2) is 35.9 Å². The molecular formula is C12H15FINO2S. The third-order valence-corrected chi connectivity index (χ3v) is 6.04. The second kappa shape index (κ2) is 5.42. The van der Waals surface area contributed by atoms with Crippen LogP contribution in [0.25, 0.3) is 0 Å². The number of nitrogens with zero attached hydrogens (tertiary/aromatic N) is 1. The zero-order valence-corrected chi connectivity index (χ0v) is 13.0. The first-order valence-electron chi connectivity index (χ1n) is 5.75. The van der Waals surface area contributed by atoms with Gasteiger partial charge in [0.05, 0.1) is 10.9 Å². The molecule has 1 fully saturated rings. The lowest BCUT2D eigenvalue weighted by atomic mass is 10.2. The molecule has 1 aromatic carbocycles. The van der Waals surface area contributed by atoms with Crippen molar-refractivity contribution in [1.29, 1.82) is 0 Å². The Morgan fingerprint density at radius 3 is 2.56 bits per heavy atom. The highest BCUT2D eigenvalue weighted by Gasteiger charge is 2.41. The Kier molecular flexibility index (Phi) is 4.28. The fourth-order valence-electron chi connectivity index (χ4n) is 2.11. The predicted octanol–water partition coefficient (Wildman–Crippen LogP) is 2.53. The number of halogens is 2. The summed E-state index contributed by atoms with van der Waals surface area (Å²) in [5.41, 5.74) is 1.00. The van der Waals surface area contributed by atoms with Crippen molar-refractivity contribution in [3.8, 4) is 0 Å². The van der Waals surface area contributed by atoms with Gasteiger partial charge in [-0.25, -0.2) is 12.8 Å². The zero-order chi connectivity index (χ0) is 13.3. The Morgan fingerprint density at radius 2 is 2.00 bits per heavy atom. The molecule has 0 amide bonds. The molecule has 18 heavy (non-hydrogen) atoms. The summed E-state index contributed by atoms with van der Waals surface area (Å²) in [5.74, 6) is 0. The van der Waals surface area contributed by atoms with Crippen molar-refractivity contribution in [1.82, 2.24) is 4.31 Å². The fourth-order valence-corrected chi connectivity index (χ4v) is 5.06. The number of sulfonamides is 1. The summed E-state index contributed by atoms with van der Waals surface area (Å²) in [7, 11) is -3.56. The second-order valence-corrected chi connectivity index (χ2v) is 7.23. The number of aryl methyl sites for hydroxylation is 1. The van der Waals surface area contributed by atoms with Crippen molar-refractivity contribution in [3.05, 3.63) is 29.8 Å². The van der Waals surface area contributed by atoms with E-state index < -0.39 is 22.2 Å². The standard InChI is InChI=1S/C12H15FINO2S/c1-9-2-4-10(5-3-9)18(16,17)15-7-6-11(13)12(15)8-14/h2-5,11-12H,6-8H2,1H3/t11-,12-/m1/s1. The Morgan fingerprint density at radius 1 is 1.39 bits per heavy atom. The average molecular weight is 383 g/mol. The first-order valence-corrected chi connectivity index (χ1v) is 8.72. The van der Waals surface area contributed by atoms with Crippen LogP contribution < -0.4 is 0 Å². The molecule has 1 aliphatic rings. The minimum Gasteiger partial charge on any atom is -0.246 e. The maximum atomic E-state index is 13.6. The summed E-state index contributed by atoms with van der Waals surface area (Å²) in [6.45, 7) is 2.17. The van der Waals surface area contributed by atoms with Gasteiger partial charge in [0.25, 0.3) is 0 Å². The molecule has 1 heterocycles. The molecule has 0 saturated carbocycles. The van der Waals surface area contributed by atoms with Gasteiger partial charge in [0.2, 0.25) is 10.0 Å². The van der Waals surface area contributed by atoms with Crippen molar-refractivity contribution < 1.29 is 12.8 Å². The maximum absolute atomic E-state index is 13.6. The molecule has 0 N–H and O–H groups in total. The molecule has 0 spiro atoms. The molecule has 0 bridgehead atoms. The third-order valence-electron chi connectivity index (χ3n) is 3.20. The predicted molar refractivity (Wildman–Crippen MR) is 77.3 cm³/mol. The van der Waals surface area contributed by atoms with Gasteiger partial charge in [0.1, 0.15) is 6.17 Å². The third kappa shape index (κ3) is 2.55. The van der Waals surface area contributed by atoms with Crippen molar-refractivity contribution in [3.63, 3.8) is 0 Å². The molecule has 2 rings (SSSR count). The van der Waals surface area contributed by atoms with E-state index >= 15 is 0 Å². The number of benzene rings is 1. The SMILES string of the molecule is Cc1ccc(S(=O)(=O)N2CC[C@@H](F)[C@H]2CI)cc1. The smallest absolute Gasteiger partial charge is 0.243 e. The molecule has 2 atom stereocenters. The molecule has 100 valence electrons. The van der Waals surface area contributed by atoms with E-state index in [-0.39, 0.29) is 11.4 Å². The Balaban J connectivity index is 2.34. The zero-order valence-electron chi connectivity index (χ0n) is 10.0. The lowest BCUT2D eigenvalue weighted by Crippen LogP contribution is -2.39. The largest absolute Gasteiger partial charge is 0.246 e. The van der Waals surface area contributed by atoms with E-state index in [9.17, 15) is 12.8 Å². The summed E-state index contributed by atoms with van der Waals surface area (Å²) < 4.78 is 40.2. The monoisotopic (exact) mass is 383 g/mol.